The molecule has 0 bridgehead atoms. The molecule has 1 spiro atoms. The van der Waals surface area contributed by atoms with Gasteiger partial charge in [0.05, 0.1) is 34.4 Å². The summed E-state index contributed by atoms with van der Waals surface area (Å²) in [5.74, 6) is 0. The molecule has 0 radical (unpaired) electrons. The molecule has 3 nitrogen and oxygen atoms in total. The fourth-order valence-corrected chi connectivity index (χ4v) is 8.42. The number of anilines is 3. The Morgan fingerprint density at radius 1 is 0.447 bits per heavy atom. The van der Waals surface area contributed by atoms with Crippen molar-refractivity contribution in [3.05, 3.63) is 197 Å². The van der Waals surface area contributed by atoms with Gasteiger partial charge in [-0.2, -0.15) is 0 Å². The highest BCUT2D eigenvalue weighted by molar-refractivity contribution is 6.10. The summed E-state index contributed by atoms with van der Waals surface area (Å²) in [5, 5.41) is 2.24. The third kappa shape index (κ3) is 3.34. The zero-order chi connectivity index (χ0) is 31.1. The molecule has 218 valence electrons. The van der Waals surface area contributed by atoms with E-state index >= 15 is 0 Å². The van der Waals surface area contributed by atoms with Crippen LogP contribution in [0.25, 0.3) is 43.5 Å². The smallest absolute Gasteiger partial charge is 0.188 e. The van der Waals surface area contributed by atoms with Crippen molar-refractivity contribution in [3.63, 3.8) is 0 Å². The van der Waals surface area contributed by atoms with Crippen molar-refractivity contribution < 1.29 is 0 Å². The van der Waals surface area contributed by atoms with Crippen molar-refractivity contribution in [2.75, 3.05) is 4.90 Å². The molecule has 1 aliphatic heterocycles. The molecule has 47 heavy (non-hydrogen) atoms. The Bertz CT molecular complexity index is 2520. The fraction of sp³-hybridized carbons (Fsp3) is 0.0227. The molecule has 3 heteroatoms. The predicted octanol–water partition coefficient (Wildman–Crippen LogP) is 11.5. The molecule has 8 aromatic rings. The summed E-state index contributed by atoms with van der Waals surface area (Å²) in [6, 6.07) is 59.1. The first-order valence-corrected chi connectivity index (χ1v) is 16.0. The van der Waals surface area contributed by atoms with Gasteiger partial charge in [0.25, 0.3) is 0 Å². The number of fused-ring (bicyclic) bond motifs is 12. The SMILES string of the molecule is [C-]#[N+]c1ccc2c(c1)c1ccccc1n2-c1cccc(N2c3ccccc3C3(c4ccccc4-c4ccccc43)c3ccccc32)c1. The molecule has 0 fully saturated rings. The van der Waals surface area contributed by atoms with Crippen LogP contribution in [0.3, 0.4) is 0 Å². The normalized spacial score (nSPS) is 13.6. The van der Waals surface area contributed by atoms with E-state index in [1.54, 1.807) is 0 Å². The lowest BCUT2D eigenvalue weighted by Gasteiger charge is -2.45. The lowest BCUT2D eigenvalue weighted by molar-refractivity contribution is 0.752. The van der Waals surface area contributed by atoms with E-state index in [2.05, 4.69) is 166 Å². The largest absolute Gasteiger partial charge is 0.310 e. The first-order valence-electron chi connectivity index (χ1n) is 16.0. The Hall–Kier alpha value is -6.37. The van der Waals surface area contributed by atoms with Crippen LogP contribution >= 0.6 is 0 Å². The Morgan fingerprint density at radius 3 is 1.68 bits per heavy atom. The van der Waals surface area contributed by atoms with Gasteiger partial charge in [0.1, 0.15) is 0 Å². The van der Waals surface area contributed by atoms with E-state index in [0.717, 1.165) is 33.2 Å². The quantitative estimate of drug-likeness (QED) is 0.181. The number of para-hydroxylation sites is 3. The molecule has 0 atom stereocenters. The van der Waals surface area contributed by atoms with Crippen LogP contribution in [0.1, 0.15) is 22.3 Å². The molecule has 0 amide bonds. The van der Waals surface area contributed by atoms with Gasteiger partial charge in [0.2, 0.25) is 0 Å². The molecule has 1 aliphatic carbocycles. The zero-order valence-corrected chi connectivity index (χ0v) is 25.4. The Morgan fingerprint density at radius 2 is 1.00 bits per heavy atom. The summed E-state index contributed by atoms with van der Waals surface area (Å²) in [5.41, 5.74) is 14.8. The fourth-order valence-electron chi connectivity index (χ4n) is 8.42. The van der Waals surface area contributed by atoms with Gasteiger partial charge in [-0.3, -0.25) is 0 Å². The topological polar surface area (TPSA) is 12.5 Å². The first-order chi connectivity index (χ1) is 23.3. The van der Waals surface area contributed by atoms with Crippen LogP contribution in [0, 0.1) is 6.57 Å². The van der Waals surface area contributed by atoms with Crippen molar-refractivity contribution in [1.82, 2.24) is 4.57 Å². The summed E-state index contributed by atoms with van der Waals surface area (Å²) in [4.78, 5) is 6.16. The van der Waals surface area contributed by atoms with E-state index in [1.165, 1.54) is 44.8 Å². The maximum absolute atomic E-state index is 7.61. The van der Waals surface area contributed by atoms with Crippen LogP contribution in [0.5, 0.6) is 0 Å². The van der Waals surface area contributed by atoms with Gasteiger partial charge >= 0.3 is 0 Å². The van der Waals surface area contributed by atoms with Crippen LogP contribution < -0.4 is 4.90 Å². The van der Waals surface area contributed by atoms with Crippen LogP contribution in [-0.4, -0.2) is 4.57 Å². The second kappa shape index (κ2) is 9.57. The number of nitrogens with zero attached hydrogens (tertiary/aromatic N) is 3. The molecular weight excluding hydrogens is 571 g/mol. The van der Waals surface area contributed by atoms with E-state index in [-0.39, 0.29) is 0 Å². The molecule has 1 aromatic heterocycles. The van der Waals surface area contributed by atoms with Gasteiger partial charge in [-0.15, -0.1) is 0 Å². The number of benzene rings is 7. The van der Waals surface area contributed by atoms with E-state index in [4.69, 9.17) is 6.57 Å². The molecule has 0 saturated carbocycles. The van der Waals surface area contributed by atoms with Gasteiger partial charge in [-0.25, -0.2) is 4.85 Å². The number of hydrogen-bond acceptors (Lipinski definition) is 1. The zero-order valence-electron chi connectivity index (χ0n) is 25.4. The summed E-state index contributed by atoms with van der Waals surface area (Å²) >= 11 is 0. The van der Waals surface area contributed by atoms with E-state index in [9.17, 15) is 0 Å². The molecular formula is C44H27N3. The van der Waals surface area contributed by atoms with E-state index in [1.807, 2.05) is 12.1 Å². The number of aromatic nitrogens is 1. The van der Waals surface area contributed by atoms with Crippen LogP contribution in [-0.2, 0) is 5.41 Å². The molecule has 2 aliphatic rings. The van der Waals surface area contributed by atoms with Crippen molar-refractivity contribution in [2.24, 2.45) is 0 Å². The van der Waals surface area contributed by atoms with Gasteiger partial charge in [0, 0.05) is 16.8 Å². The lowest BCUT2D eigenvalue weighted by atomic mass is 9.64. The minimum Gasteiger partial charge on any atom is -0.310 e. The molecule has 0 unspecified atom stereocenters. The van der Waals surface area contributed by atoms with Gasteiger partial charge in [-0.05, 0) is 87.3 Å². The third-order valence-electron chi connectivity index (χ3n) is 10.2. The maximum Gasteiger partial charge on any atom is 0.188 e. The summed E-state index contributed by atoms with van der Waals surface area (Å²) < 4.78 is 2.33. The number of rotatable bonds is 2. The maximum atomic E-state index is 7.61. The van der Waals surface area contributed by atoms with Crippen LogP contribution in [0.2, 0.25) is 0 Å². The predicted molar refractivity (Wildman–Crippen MR) is 193 cm³/mol. The summed E-state index contributed by atoms with van der Waals surface area (Å²) in [6.07, 6.45) is 0. The second-order valence-corrected chi connectivity index (χ2v) is 12.4. The molecule has 7 aromatic carbocycles. The second-order valence-electron chi connectivity index (χ2n) is 12.4. The highest BCUT2D eigenvalue weighted by atomic mass is 15.2. The minimum absolute atomic E-state index is 0.429. The van der Waals surface area contributed by atoms with Crippen molar-refractivity contribution in [2.45, 2.75) is 5.41 Å². The molecule has 0 saturated heterocycles. The van der Waals surface area contributed by atoms with Gasteiger partial charge < -0.3 is 9.47 Å². The molecule has 0 N–H and O–H groups in total. The van der Waals surface area contributed by atoms with E-state index < -0.39 is 5.41 Å². The van der Waals surface area contributed by atoms with E-state index in [0.29, 0.717) is 5.69 Å². The third-order valence-corrected chi connectivity index (χ3v) is 10.2. The van der Waals surface area contributed by atoms with Crippen LogP contribution in [0.4, 0.5) is 22.7 Å². The van der Waals surface area contributed by atoms with Gasteiger partial charge in [0.15, 0.2) is 5.69 Å². The van der Waals surface area contributed by atoms with Crippen molar-refractivity contribution in [3.8, 4) is 16.8 Å². The lowest BCUT2D eigenvalue weighted by Crippen LogP contribution is -2.36. The monoisotopic (exact) mass is 597 g/mol. The van der Waals surface area contributed by atoms with Crippen molar-refractivity contribution >= 4 is 44.6 Å². The average Bonchev–Trinajstić information content (AvgIpc) is 3.63. The Balaban J connectivity index is 1.24. The Labute approximate surface area is 273 Å². The highest BCUT2D eigenvalue weighted by Gasteiger charge is 2.51. The molecule has 10 rings (SSSR count). The highest BCUT2D eigenvalue weighted by Crippen LogP contribution is 2.63. The standard InChI is InChI=1S/C44H27N3/c1-45-29-25-26-41-35(27-29)34-17-4-9-22-40(34)46(41)30-13-12-14-31(28-30)47-42-23-10-7-20-38(42)44(39-21-8-11-24-43(39)47)36-18-5-2-15-32(36)33-16-3-6-19-37(33)44/h2-28H. The van der Waals surface area contributed by atoms with Gasteiger partial charge in [-0.1, -0.05) is 115 Å². The summed E-state index contributed by atoms with van der Waals surface area (Å²) in [6.45, 7) is 7.61. The average molecular weight is 598 g/mol. The first kappa shape index (κ1) is 25.9. The Kier molecular flexibility index (Phi) is 5.27. The van der Waals surface area contributed by atoms with Crippen LogP contribution in [0.15, 0.2) is 164 Å². The number of hydrogen-bond donors (Lipinski definition) is 0. The van der Waals surface area contributed by atoms with Crippen molar-refractivity contribution in [1.29, 1.82) is 0 Å². The summed E-state index contributed by atoms with van der Waals surface area (Å²) in [7, 11) is 0. The minimum atomic E-state index is -0.429. The molecule has 2 heterocycles.